The standard InChI is InChI=1S/C15H14Cl2N2O5/c1-3-10-11(14(21)22)13(20)12(15(23)24)18(2)19(10)7-4-5-8(16)9(17)6-7/h4-6,12H,3H2,1-2H3,(H,21,22)(H,23,24). The van der Waals surface area contributed by atoms with Gasteiger partial charge in [-0.15, -0.1) is 0 Å². The molecule has 24 heavy (non-hydrogen) atoms. The maximum absolute atomic E-state index is 12.4. The van der Waals surface area contributed by atoms with E-state index in [9.17, 15) is 24.6 Å². The molecule has 0 radical (unpaired) electrons. The first-order valence-electron chi connectivity index (χ1n) is 6.92. The van der Waals surface area contributed by atoms with E-state index in [0.29, 0.717) is 10.7 Å². The van der Waals surface area contributed by atoms with Gasteiger partial charge < -0.3 is 10.2 Å². The Kier molecular flexibility index (Phi) is 5.17. The van der Waals surface area contributed by atoms with Gasteiger partial charge in [-0.1, -0.05) is 30.1 Å². The predicted octanol–water partition coefficient (Wildman–Crippen LogP) is 2.43. The van der Waals surface area contributed by atoms with Crippen LogP contribution in [0.25, 0.3) is 0 Å². The van der Waals surface area contributed by atoms with Crippen LogP contribution in [0.5, 0.6) is 0 Å². The lowest BCUT2D eigenvalue weighted by atomic mass is 9.97. The van der Waals surface area contributed by atoms with E-state index in [0.717, 1.165) is 0 Å². The van der Waals surface area contributed by atoms with Gasteiger partial charge in [-0.2, -0.15) is 5.01 Å². The molecule has 0 spiro atoms. The summed E-state index contributed by atoms with van der Waals surface area (Å²) in [5, 5.41) is 21.8. The van der Waals surface area contributed by atoms with Crippen LogP contribution < -0.4 is 5.01 Å². The summed E-state index contributed by atoms with van der Waals surface area (Å²) in [5.41, 5.74) is 0.0289. The molecule has 0 fully saturated rings. The largest absolute Gasteiger partial charge is 0.480 e. The molecule has 1 unspecified atom stereocenters. The van der Waals surface area contributed by atoms with E-state index in [1.54, 1.807) is 13.0 Å². The number of carbonyl (C=O) groups excluding carboxylic acids is 1. The van der Waals surface area contributed by atoms with Crippen molar-refractivity contribution < 1.29 is 24.6 Å². The summed E-state index contributed by atoms with van der Waals surface area (Å²) in [6, 6.07) is 2.90. The number of Topliss-reactive ketones (excluding diaryl/α,β-unsaturated/α-hetero) is 1. The van der Waals surface area contributed by atoms with E-state index in [1.807, 2.05) is 0 Å². The number of ketones is 1. The number of allylic oxidation sites excluding steroid dienone is 1. The molecule has 9 heteroatoms. The summed E-state index contributed by atoms with van der Waals surface area (Å²) in [6.45, 7) is 1.67. The molecule has 1 aliphatic rings. The highest BCUT2D eigenvalue weighted by molar-refractivity contribution is 6.42. The average Bonchev–Trinajstić information content (AvgIpc) is 2.48. The molecule has 2 rings (SSSR count). The van der Waals surface area contributed by atoms with E-state index >= 15 is 0 Å². The molecule has 0 amide bonds. The van der Waals surface area contributed by atoms with Crippen molar-refractivity contribution in [2.24, 2.45) is 0 Å². The highest BCUT2D eigenvalue weighted by atomic mass is 35.5. The average molecular weight is 373 g/mol. The topological polar surface area (TPSA) is 98.1 Å². The lowest BCUT2D eigenvalue weighted by molar-refractivity contribution is -0.148. The Labute approximate surface area is 147 Å². The number of hydrazine groups is 1. The number of carbonyl (C=O) groups is 3. The third-order valence-corrected chi connectivity index (χ3v) is 4.40. The van der Waals surface area contributed by atoms with E-state index in [2.05, 4.69) is 0 Å². The summed E-state index contributed by atoms with van der Waals surface area (Å²) in [7, 11) is 1.40. The van der Waals surface area contributed by atoms with Gasteiger partial charge in [-0.05, 0) is 24.6 Å². The molecule has 1 atom stereocenters. The van der Waals surface area contributed by atoms with Gasteiger partial charge in [0.15, 0.2) is 6.04 Å². The maximum Gasteiger partial charge on any atom is 0.341 e. The molecule has 2 N–H and O–H groups in total. The van der Waals surface area contributed by atoms with Crippen molar-refractivity contribution in [1.82, 2.24) is 5.01 Å². The number of hydrogen-bond donors (Lipinski definition) is 2. The molecule has 1 heterocycles. The molecule has 1 aromatic carbocycles. The van der Waals surface area contributed by atoms with Crippen LogP contribution in [0.4, 0.5) is 5.69 Å². The predicted molar refractivity (Wildman–Crippen MR) is 88.1 cm³/mol. The minimum atomic E-state index is -1.65. The van der Waals surface area contributed by atoms with Crippen LogP contribution in [0.2, 0.25) is 10.0 Å². The Morgan fingerprint density at radius 2 is 1.83 bits per heavy atom. The highest BCUT2D eigenvalue weighted by Crippen LogP contribution is 2.35. The van der Waals surface area contributed by atoms with Gasteiger partial charge in [0.05, 0.1) is 21.4 Å². The first-order chi connectivity index (χ1) is 11.2. The minimum Gasteiger partial charge on any atom is -0.480 e. The van der Waals surface area contributed by atoms with Crippen molar-refractivity contribution in [3.05, 3.63) is 39.5 Å². The summed E-state index contributed by atoms with van der Waals surface area (Å²) < 4.78 is 0. The zero-order chi connectivity index (χ0) is 18.2. The monoisotopic (exact) mass is 372 g/mol. The third-order valence-electron chi connectivity index (χ3n) is 3.66. The van der Waals surface area contributed by atoms with Crippen molar-refractivity contribution >= 4 is 46.6 Å². The Hall–Kier alpha value is -2.09. The summed E-state index contributed by atoms with van der Waals surface area (Å²) in [4.78, 5) is 35.4. The Morgan fingerprint density at radius 3 is 2.29 bits per heavy atom. The summed E-state index contributed by atoms with van der Waals surface area (Å²) in [5.74, 6) is -3.88. The van der Waals surface area contributed by atoms with Crippen molar-refractivity contribution in [3.63, 3.8) is 0 Å². The van der Waals surface area contributed by atoms with Gasteiger partial charge in [0.2, 0.25) is 5.78 Å². The van der Waals surface area contributed by atoms with Crippen LogP contribution in [-0.2, 0) is 14.4 Å². The number of halogens is 2. The lowest BCUT2D eigenvalue weighted by Crippen LogP contribution is -2.58. The molecule has 7 nitrogen and oxygen atoms in total. The molecule has 128 valence electrons. The molecule has 0 bridgehead atoms. The number of benzene rings is 1. The minimum absolute atomic E-state index is 0.172. The van der Waals surface area contributed by atoms with Crippen molar-refractivity contribution in [3.8, 4) is 0 Å². The second-order valence-corrected chi connectivity index (χ2v) is 5.88. The van der Waals surface area contributed by atoms with E-state index in [4.69, 9.17) is 23.2 Å². The fourth-order valence-corrected chi connectivity index (χ4v) is 2.93. The quantitative estimate of drug-likeness (QED) is 0.618. The molecule has 0 saturated heterocycles. The second kappa shape index (κ2) is 6.80. The number of carboxylic acids is 2. The van der Waals surface area contributed by atoms with Crippen molar-refractivity contribution in [1.29, 1.82) is 0 Å². The van der Waals surface area contributed by atoms with Crippen LogP contribution in [0.3, 0.4) is 0 Å². The van der Waals surface area contributed by atoms with Gasteiger partial charge in [0.1, 0.15) is 5.57 Å². The number of anilines is 1. The second-order valence-electron chi connectivity index (χ2n) is 5.07. The van der Waals surface area contributed by atoms with Gasteiger partial charge >= 0.3 is 11.9 Å². The van der Waals surface area contributed by atoms with Crippen molar-refractivity contribution in [2.45, 2.75) is 19.4 Å². The van der Waals surface area contributed by atoms with Crippen LogP contribution in [0.1, 0.15) is 13.3 Å². The smallest absolute Gasteiger partial charge is 0.341 e. The molecular weight excluding hydrogens is 359 g/mol. The number of carboxylic acid groups (broad SMARTS) is 2. The summed E-state index contributed by atoms with van der Waals surface area (Å²) >= 11 is 11.9. The Balaban J connectivity index is 2.73. The summed E-state index contributed by atoms with van der Waals surface area (Å²) in [6.07, 6.45) is 0.199. The zero-order valence-corrected chi connectivity index (χ0v) is 14.3. The van der Waals surface area contributed by atoms with E-state index in [-0.39, 0.29) is 17.1 Å². The molecule has 0 aliphatic carbocycles. The number of likely N-dealkylation sites (N-methyl/N-ethyl adjacent to an activating group) is 1. The fourth-order valence-electron chi connectivity index (χ4n) is 2.64. The van der Waals surface area contributed by atoms with Crippen LogP contribution in [-0.4, -0.2) is 46.0 Å². The van der Waals surface area contributed by atoms with Gasteiger partial charge in [-0.25, -0.2) is 9.59 Å². The molecule has 0 saturated carbocycles. The van der Waals surface area contributed by atoms with Crippen LogP contribution in [0.15, 0.2) is 29.5 Å². The van der Waals surface area contributed by atoms with Crippen molar-refractivity contribution in [2.75, 3.05) is 12.1 Å². The Bertz CT molecular complexity index is 762. The molecule has 0 aromatic heterocycles. The number of aliphatic carboxylic acids is 2. The third kappa shape index (κ3) is 2.98. The first-order valence-corrected chi connectivity index (χ1v) is 7.67. The van der Waals surface area contributed by atoms with Crippen LogP contribution >= 0.6 is 23.2 Å². The first kappa shape index (κ1) is 18.3. The molecule has 1 aromatic rings. The maximum atomic E-state index is 12.4. The van der Waals surface area contributed by atoms with Gasteiger partial charge in [0.25, 0.3) is 0 Å². The molecule has 1 aliphatic heterocycles. The van der Waals surface area contributed by atoms with Gasteiger partial charge in [-0.3, -0.25) is 9.80 Å². The molecular formula is C15H14Cl2N2O5. The number of rotatable bonds is 4. The van der Waals surface area contributed by atoms with Crippen LogP contribution in [0, 0.1) is 0 Å². The Morgan fingerprint density at radius 1 is 1.21 bits per heavy atom. The number of hydrogen-bond acceptors (Lipinski definition) is 5. The van der Waals surface area contributed by atoms with E-state index < -0.39 is 29.3 Å². The fraction of sp³-hybridized carbons (Fsp3) is 0.267. The zero-order valence-electron chi connectivity index (χ0n) is 12.8. The van der Waals surface area contributed by atoms with E-state index in [1.165, 1.54) is 29.2 Å². The normalized spacial score (nSPS) is 18.9. The van der Waals surface area contributed by atoms with Gasteiger partial charge in [0, 0.05) is 7.05 Å². The number of nitrogens with zero attached hydrogens (tertiary/aromatic N) is 2. The highest BCUT2D eigenvalue weighted by Gasteiger charge is 2.45. The lowest BCUT2D eigenvalue weighted by Gasteiger charge is -2.42. The SMILES string of the molecule is CCC1=C(C(=O)O)C(=O)C(C(=O)O)N(C)N1c1ccc(Cl)c(Cl)c1.